The third-order valence-corrected chi connectivity index (χ3v) is 1.65. The van der Waals surface area contributed by atoms with Crippen LogP contribution in [0.1, 0.15) is 11.1 Å². The smallest absolute Gasteiger partial charge is 0.416 e. The molecular weight excluding hydrogens is 199 g/mol. The summed E-state index contributed by atoms with van der Waals surface area (Å²) in [4.78, 5) is 9.82. The van der Waals surface area contributed by atoms with Crippen LogP contribution >= 0.6 is 0 Å². The summed E-state index contributed by atoms with van der Waals surface area (Å²) >= 11 is 0. The molecule has 1 aromatic rings. The Bertz CT molecular complexity index is 349. The Morgan fingerprint density at radius 3 is 2.43 bits per heavy atom. The molecule has 0 aromatic heterocycles. The van der Waals surface area contributed by atoms with Crippen LogP contribution in [-0.4, -0.2) is 5.11 Å². The van der Waals surface area contributed by atoms with E-state index in [9.17, 15) is 18.1 Å². The summed E-state index contributed by atoms with van der Waals surface area (Å²) in [5.74, 6) is -0.570. The Kier molecular flexibility index (Phi) is 2.73. The van der Waals surface area contributed by atoms with Gasteiger partial charge in [0.25, 0.3) is 0 Å². The zero-order valence-corrected chi connectivity index (χ0v) is 6.88. The van der Waals surface area contributed by atoms with Gasteiger partial charge in [-0.25, -0.2) is 0 Å². The maximum atomic E-state index is 12.1. The SMILES string of the molecule is O=NCc1ccc(C(F)(F)F)cc1O. The van der Waals surface area contributed by atoms with Crippen molar-refractivity contribution in [2.24, 2.45) is 5.18 Å². The number of nitroso groups, excluding NO2 is 1. The topological polar surface area (TPSA) is 49.7 Å². The normalized spacial score (nSPS) is 11.4. The van der Waals surface area contributed by atoms with E-state index in [-0.39, 0.29) is 12.1 Å². The lowest BCUT2D eigenvalue weighted by Gasteiger charge is -2.08. The number of hydrogen-bond acceptors (Lipinski definition) is 3. The summed E-state index contributed by atoms with van der Waals surface area (Å²) in [7, 11) is 0. The van der Waals surface area contributed by atoms with Crippen molar-refractivity contribution in [3.63, 3.8) is 0 Å². The Morgan fingerprint density at radius 1 is 1.36 bits per heavy atom. The van der Waals surface area contributed by atoms with Gasteiger partial charge in [-0.05, 0) is 12.1 Å². The minimum absolute atomic E-state index is 0.0769. The van der Waals surface area contributed by atoms with E-state index < -0.39 is 17.5 Å². The summed E-state index contributed by atoms with van der Waals surface area (Å²) < 4.78 is 36.3. The van der Waals surface area contributed by atoms with Gasteiger partial charge in [0.1, 0.15) is 12.3 Å². The number of alkyl halides is 3. The van der Waals surface area contributed by atoms with Gasteiger partial charge in [0.05, 0.1) is 5.56 Å². The van der Waals surface area contributed by atoms with Crippen LogP contribution in [-0.2, 0) is 12.7 Å². The molecule has 76 valence electrons. The molecule has 0 unspecified atom stereocenters. The lowest BCUT2D eigenvalue weighted by Crippen LogP contribution is -2.04. The molecule has 0 heterocycles. The van der Waals surface area contributed by atoms with Crippen LogP contribution in [0.4, 0.5) is 13.2 Å². The molecule has 0 atom stereocenters. The number of benzene rings is 1. The molecular formula is C8H6F3NO2. The van der Waals surface area contributed by atoms with E-state index in [0.717, 1.165) is 12.1 Å². The molecule has 0 fully saturated rings. The molecule has 0 bridgehead atoms. The van der Waals surface area contributed by atoms with Crippen LogP contribution in [0, 0.1) is 4.91 Å². The number of hydrogen-bond donors (Lipinski definition) is 1. The van der Waals surface area contributed by atoms with E-state index in [1.54, 1.807) is 0 Å². The fraction of sp³-hybridized carbons (Fsp3) is 0.250. The van der Waals surface area contributed by atoms with E-state index in [1.807, 2.05) is 0 Å². The first kappa shape index (κ1) is 10.5. The Labute approximate surface area is 77.1 Å². The van der Waals surface area contributed by atoms with Crippen molar-refractivity contribution in [3.05, 3.63) is 34.2 Å². The number of halogens is 3. The lowest BCUT2D eigenvalue weighted by molar-refractivity contribution is -0.137. The fourth-order valence-electron chi connectivity index (χ4n) is 0.943. The summed E-state index contributed by atoms with van der Waals surface area (Å²) in [6, 6.07) is 2.39. The number of nitrogens with zero attached hydrogens (tertiary/aromatic N) is 1. The number of rotatable bonds is 2. The van der Waals surface area contributed by atoms with Crippen LogP contribution in [0.15, 0.2) is 23.4 Å². The quantitative estimate of drug-likeness (QED) is 0.754. The van der Waals surface area contributed by atoms with Crippen LogP contribution < -0.4 is 0 Å². The monoisotopic (exact) mass is 205 g/mol. The first-order valence-corrected chi connectivity index (χ1v) is 3.63. The molecule has 0 saturated carbocycles. The second kappa shape index (κ2) is 3.65. The van der Waals surface area contributed by atoms with Gasteiger partial charge in [0.2, 0.25) is 0 Å². The lowest BCUT2D eigenvalue weighted by atomic mass is 10.1. The number of aromatic hydroxyl groups is 1. The highest BCUT2D eigenvalue weighted by molar-refractivity contribution is 5.37. The average Bonchev–Trinajstić information content (AvgIpc) is 2.07. The summed E-state index contributed by atoms with van der Waals surface area (Å²) in [5, 5.41) is 11.6. The van der Waals surface area contributed by atoms with Crippen molar-refractivity contribution in [2.75, 3.05) is 0 Å². The maximum absolute atomic E-state index is 12.1. The van der Waals surface area contributed by atoms with Crippen molar-refractivity contribution >= 4 is 0 Å². The molecule has 14 heavy (non-hydrogen) atoms. The van der Waals surface area contributed by atoms with Gasteiger partial charge < -0.3 is 5.11 Å². The average molecular weight is 205 g/mol. The van der Waals surface area contributed by atoms with Crippen molar-refractivity contribution in [2.45, 2.75) is 12.7 Å². The summed E-state index contributed by atoms with van der Waals surface area (Å²) in [5.41, 5.74) is -0.877. The predicted octanol–water partition coefficient (Wildman–Crippen LogP) is 2.68. The second-order valence-corrected chi connectivity index (χ2v) is 2.63. The molecule has 1 rings (SSSR count). The Balaban J connectivity index is 3.06. The van der Waals surface area contributed by atoms with Crippen LogP contribution in [0.25, 0.3) is 0 Å². The van der Waals surface area contributed by atoms with E-state index in [2.05, 4.69) is 5.18 Å². The highest BCUT2D eigenvalue weighted by Crippen LogP contribution is 2.32. The molecule has 0 amide bonds. The van der Waals surface area contributed by atoms with E-state index in [0.29, 0.717) is 6.07 Å². The minimum atomic E-state index is -4.50. The van der Waals surface area contributed by atoms with Gasteiger partial charge in [-0.2, -0.15) is 18.1 Å². The fourth-order valence-corrected chi connectivity index (χ4v) is 0.943. The molecule has 3 nitrogen and oxygen atoms in total. The largest absolute Gasteiger partial charge is 0.508 e. The minimum Gasteiger partial charge on any atom is -0.508 e. The van der Waals surface area contributed by atoms with Gasteiger partial charge in [0.15, 0.2) is 0 Å². The molecule has 0 saturated heterocycles. The summed E-state index contributed by atoms with van der Waals surface area (Å²) in [6.07, 6.45) is -4.50. The molecule has 0 aliphatic rings. The van der Waals surface area contributed by atoms with Gasteiger partial charge in [-0.3, -0.25) is 0 Å². The first-order chi connectivity index (χ1) is 6.45. The molecule has 6 heteroatoms. The van der Waals surface area contributed by atoms with Crippen LogP contribution in [0.5, 0.6) is 5.75 Å². The highest BCUT2D eigenvalue weighted by atomic mass is 19.4. The molecule has 1 aromatic carbocycles. The van der Waals surface area contributed by atoms with E-state index >= 15 is 0 Å². The Hall–Kier alpha value is -1.59. The molecule has 0 aliphatic heterocycles. The first-order valence-electron chi connectivity index (χ1n) is 3.63. The van der Waals surface area contributed by atoms with E-state index in [4.69, 9.17) is 5.11 Å². The second-order valence-electron chi connectivity index (χ2n) is 2.63. The van der Waals surface area contributed by atoms with Crippen molar-refractivity contribution in [1.29, 1.82) is 0 Å². The Morgan fingerprint density at radius 2 is 2.00 bits per heavy atom. The standard InChI is InChI=1S/C8H6F3NO2/c9-8(10,11)6-2-1-5(4-12-14)7(13)3-6/h1-3,13H,4H2. The molecule has 0 spiro atoms. The van der Waals surface area contributed by atoms with Gasteiger partial charge in [0, 0.05) is 5.56 Å². The van der Waals surface area contributed by atoms with E-state index in [1.165, 1.54) is 0 Å². The zero-order valence-electron chi connectivity index (χ0n) is 6.88. The van der Waals surface area contributed by atoms with Gasteiger partial charge in [-0.1, -0.05) is 11.2 Å². The predicted molar refractivity (Wildman–Crippen MR) is 42.6 cm³/mol. The van der Waals surface area contributed by atoms with Crippen molar-refractivity contribution in [3.8, 4) is 5.75 Å². The van der Waals surface area contributed by atoms with Gasteiger partial charge >= 0.3 is 6.18 Å². The maximum Gasteiger partial charge on any atom is 0.416 e. The third kappa shape index (κ3) is 2.21. The summed E-state index contributed by atoms with van der Waals surface area (Å²) in [6.45, 7) is -0.343. The molecule has 0 aliphatic carbocycles. The van der Waals surface area contributed by atoms with Crippen LogP contribution in [0.2, 0.25) is 0 Å². The van der Waals surface area contributed by atoms with Crippen molar-refractivity contribution < 1.29 is 18.3 Å². The van der Waals surface area contributed by atoms with Gasteiger partial charge in [-0.15, -0.1) is 0 Å². The highest BCUT2D eigenvalue weighted by Gasteiger charge is 2.30. The van der Waals surface area contributed by atoms with Crippen LogP contribution in [0.3, 0.4) is 0 Å². The number of phenolic OH excluding ortho intramolecular Hbond substituents is 1. The molecule has 1 N–H and O–H groups in total. The third-order valence-electron chi connectivity index (χ3n) is 1.65. The zero-order chi connectivity index (χ0) is 10.8. The van der Waals surface area contributed by atoms with Crippen molar-refractivity contribution in [1.82, 2.24) is 0 Å². The molecule has 0 radical (unpaired) electrons. The number of phenols is 1.